The minimum atomic E-state index is 0.0671. The second kappa shape index (κ2) is 3.63. The summed E-state index contributed by atoms with van der Waals surface area (Å²) in [6, 6.07) is 9.98. The molecule has 3 aromatic rings. The van der Waals surface area contributed by atoms with Crippen molar-refractivity contribution in [3.8, 4) is 11.4 Å². The number of nitrogens with two attached hydrogens (primary N) is 2. The third-order valence-corrected chi connectivity index (χ3v) is 2.62. The number of hydrogen-bond acceptors (Lipinski definition) is 5. The Balaban J connectivity index is 2.22. The molecule has 0 spiro atoms. The number of benzene rings is 2. The summed E-state index contributed by atoms with van der Waals surface area (Å²) in [6.45, 7) is 0. The first-order valence-electron chi connectivity index (χ1n) is 5.35. The third-order valence-electron chi connectivity index (χ3n) is 2.62. The maximum Gasteiger partial charge on any atom is 0.143 e. The highest BCUT2D eigenvalue weighted by atomic mass is 16.3. The fraction of sp³-hybridized carbons (Fsp3) is 0. The topological polar surface area (TPSA) is 103 Å². The van der Waals surface area contributed by atoms with Gasteiger partial charge in [-0.1, -0.05) is 0 Å². The first kappa shape index (κ1) is 10.4. The molecule has 5 N–H and O–H groups in total. The zero-order chi connectivity index (χ0) is 12.7. The van der Waals surface area contributed by atoms with Crippen LogP contribution in [-0.2, 0) is 0 Å². The zero-order valence-electron chi connectivity index (χ0n) is 9.41. The smallest absolute Gasteiger partial charge is 0.143 e. The summed E-state index contributed by atoms with van der Waals surface area (Å²) in [5, 5.41) is 18.3. The molecule has 6 nitrogen and oxygen atoms in total. The SMILES string of the molecule is Nc1ccc(O)c(-n2nc3ccc(N)cc3n2)c1. The summed E-state index contributed by atoms with van der Waals surface area (Å²) in [6.07, 6.45) is 0. The van der Waals surface area contributed by atoms with Crippen molar-refractivity contribution in [1.82, 2.24) is 15.0 Å². The molecule has 1 aromatic heterocycles. The quantitative estimate of drug-likeness (QED) is 0.440. The number of rotatable bonds is 1. The highest BCUT2D eigenvalue weighted by molar-refractivity contribution is 5.77. The predicted molar refractivity (Wildman–Crippen MR) is 69.4 cm³/mol. The molecule has 6 heteroatoms. The van der Waals surface area contributed by atoms with Gasteiger partial charge in [0.25, 0.3) is 0 Å². The van der Waals surface area contributed by atoms with Crippen molar-refractivity contribution >= 4 is 22.4 Å². The van der Waals surface area contributed by atoms with E-state index in [-0.39, 0.29) is 5.75 Å². The number of phenolic OH excluding ortho intramolecular Hbond substituents is 1. The normalized spacial score (nSPS) is 10.9. The van der Waals surface area contributed by atoms with E-state index in [1.54, 1.807) is 30.3 Å². The minimum Gasteiger partial charge on any atom is -0.506 e. The summed E-state index contributed by atoms with van der Waals surface area (Å²) in [5.41, 5.74) is 14.3. The van der Waals surface area contributed by atoms with E-state index in [0.29, 0.717) is 28.1 Å². The molecular formula is C12H11N5O. The molecule has 1 heterocycles. The Bertz CT molecular complexity index is 734. The van der Waals surface area contributed by atoms with E-state index in [2.05, 4.69) is 10.2 Å². The number of anilines is 2. The van der Waals surface area contributed by atoms with Gasteiger partial charge in [0.15, 0.2) is 0 Å². The van der Waals surface area contributed by atoms with Gasteiger partial charge in [-0.3, -0.25) is 0 Å². The molecule has 0 saturated heterocycles. The van der Waals surface area contributed by atoms with Crippen LogP contribution < -0.4 is 11.5 Å². The summed E-state index contributed by atoms with van der Waals surface area (Å²) in [7, 11) is 0. The molecule has 0 fully saturated rings. The van der Waals surface area contributed by atoms with E-state index in [1.807, 2.05) is 0 Å². The van der Waals surface area contributed by atoms with Gasteiger partial charge in [-0.05, 0) is 36.4 Å². The molecule has 0 aliphatic rings. The van der Waals surface area contributed by atoms with Crippen LogP contribution in [-0.4, -0.2) is 20.1 Å². The lowest BCUT2D eigenvalue weighted by atomic mass is 10.2. The van der Waals surface area contributed by atoms with Crippen molar-refractivity contribution in [3.05, 3.63) is 36.4 Å². The van der Waals surface area contributed by atoms with E-state index in [0.717, 1.165) is 0 Å². The van der Waals surface area contributed by atoms with Gasteiger partial charge in [0.1, 0.15) is 22.5 Å². The fourth-order valence-electron chi connectivity index (χ4n) is 1.74. The van der Waals surface area contributed by atoms with Gasteiger partial charge >= 0.3 is 0 Å². The van der Waals surface area contributed by atoms with Crippen LogP contribution in [0.2, 0.25) is 0 Å². The van der Waals surface area contributed by atoms with E-state index < -0.39 is 0 Å². The van der Waals surface area contributed by atoms with Gasteiger partial charge in [-0.15, -0.1) is 15.0 Å². The van der Waals surface area contributed by atoms with Gasteiger partial charge < -0.3 is 16.6 Å². The van der Waals surface area contributed by atoms with Gasteiger partial charge in [0, 0.05) is 11.4 Å². The van der Waals surface area contributed by atoms with Gasteiger partial charge in [0.2, 0.25) is 0 Å². The van der Waals surface area contributed by atoms with E-state index in [4.69, 9.17) is 11.5 Å². The Morgan fingerprint density at radius 3 is 2.39 bits per heavy atom. The first-order valence-corrected chi connectivity index (χ1v) is 5.35. The molecule has 3 rings (SSSR count). The van der Waals surface area contributed by atoms with Crippen molar-refractivity contribution in [3.63, 3.8) is 0 Å². The molecule has 0 saturated carbocycles. The zero-order valence-corrected chi connectivity index (χ0v) is 9.41. The lowest BCUT2D eigenvalue weighted by molar-refractivity contribution is 0.468. The highest BCUT2D eigenvalue weighted by Crippen LogP contribution is 2.24. The number of aromatic nitrogens is 3. The van der Waals surface area contributed by atoms with Crippen molar-refractivity contribution in [2.75, 3.05) is 11.5 Å². The second-order valence-electron chi connectivity index (χ2n) is 3.99. The van der Waals surface area contributed by atoms with Crippen LogP contribution in [0.3, 0.4) is 0 Å². The average molecular weight is 241 g/mol. The first-order chi connectivity index (χ1) is 8.63. The molecule has 18 heavy (non-hydrogen) atoms. The molecule has 0 aliphatic carbocycles. The second-order valence-corrected chi connectivity index (χ2v) is 3.99. The average Bonchev–Trinajstić information content (AvgIpc) is 2.74. The lowest BCUT2D eigenvalue weighted by Crippen LogP contribution is -2.00. The third kappa shape index (κ3) is 1.60. The van der Waals surface area contributed by atoms with Crippen LogP contribution >= 0.6 is 0 Å². The molecule has 0 atom stereocenters. The van der Waals surface area contributed by atoms with Crippen molar-refractivity contribution in [2.45, 2.75) is 0 Å². The number of phenols is 1. The van der Waals surface area contributed by atoms with Crippen LogP contribution in [0, 0.1) is 0 Å². The Kier molecular flexibility index (Phi) is 2.09. The largest absolute Gasteiger partial charge is 0.506 e. The molecule has 0 radical (unpaired) electrons. The Labute approximate surface area is 102 Å². The predicted octanol–water partition coefficient (Wildman–Crippen LogP) is 1.29. The van der Waals surface area contributed by atoms with Crippen LogP contribution in [0.4, 0.5) is 11.4 Å². The van der Waals surface area contributed by atoms with Crippen LogP contribution in [0.15, 0.2) is 36.4 Å². The standard InChI is InChI=1S/C12H11N5O/c13-7-1-3-9-10(5-7)16-17(15-9)11-6-8(14)2-4-12(11)18/h1-6,18H,13-14H2. The van der Waals surface area contributed by atoms with Crippen molar-refractivity contribution in [2.24, 2.45) is 0 Å². The number of nitrogens with zero attached hydrogens (tertiary/aromatic N) is 3. The van der Waals surface area contributed by atoms with Crippen LogP contribution in [0.5, 0.6) is 5.75 Å². The summed E-state index contributed by atoms with van der Waals surface area (Å²) < 4.78 is 0. The van der Waals surface area contributed by atoms with E-state index in [9.17, 15) is 5.11 Å². The van der Waals surface area contributed by atoms with E-state index in [1.165, 1.54) is 10.9 Å². The monoisotopic (exact) mass is 241 g/mol. The molecule has 0 amide bonds. The number of hydrogen-bond donors (Lipinski definition) is 3. The Hall–Kier alpha value is -2.76. The summed E-state index contributed by atoms with van der Waals surface area (Å²) >= 11 is 0. The molecule has 0 bridgehead atoms. The van der Waals surface area contributed by atoms with Gasteiger partial charge in [0.05, 0.1) is 0 Å². The number of fused-ring (bicyclic) bond motifs is 1. The van der Waals surface area contributed by atoms with Crippen LogP contribution in [0.1, 0.15) is 0 Å². The Morgan fingerprint density at radius 1 is 0.889 bits per heavy atom. The van der Waals surface area contributed by atoms with Gasteiger partial charge in [-0.2, -0.15) is 0 Å². The highest BCUT2D eigenvalue weighted by Gasteiger charge is 2.09. The van der Waals surface area contributed by atoms with Crippen molar-refractivity contribution in [1.29, 1.82) is 0 Å². The Morgan fingerprint density at radius 2 is 1.56 bits per heavy atom. The maximum absolute atomic E-state index is 9.79. The summed E-state index contributed by atoms with van der Waals surface area (Å²) in [5.74, 6) is 0.0671. The minimum absolute atomic E-state index is 0.0671. The lowest BCUT2D eigenvalue weighted by Gasteiger charge is -2.03. The van der Waals surface area contributed by atoms with Crippen LogP contribution in [0.25, 0.3) is 16.7 Å². The molecule has 0 unspecified atom stereocenters. The van der Waals surface area contributed by atoms with E-state index >= 15 is 0 Å². The molecule has 0 aliphatic heterocycles. The van der Waals surface area contributed by atoms with Crippen molar-refractivity contribution < 1.29 is 5.11 Å². The molecule has 2 aromatic carbocycles. The summed E-state index contributed by atoms with van der Waals surface area (Å²) in [4.78, 5) is 1.34. The maximum atomic E-state index is 9.79. The molecule has 90 valence electrons. The number of aromatic hydroxyl groups is 1. The fourth-order valence-corrected chi connectivity index (χ4v) is 1.74. The number of nitrogen functional groups attached to an aromatic ring is 2. The van der Waals surface area contributed by atoms with Gasteiger partial charge in [-0.25, -0.2) is 0 Å². The molecular weight excluding hydrogens is 230 g/mol.